The summed E-state index contributed by atoms with van der Waals surface area (Å²) in [5.41, 5.74) is 3.83. The molecule has 2 aromatic rings. The molecule has 0 bridgehead atoms. The summed E-state index contributed by atoms with van der Waals surface area (Å²) < 4.78 is 12.2. The fourth-order valence-electron chi connectivity index (χ4n) is 2.43. The molecule has 0 saturated heterocycles. The van der Waals surface area contributed by atoms with Crippen LogP contribution in [-0.4, -0.2) is 20.8 Å². The molecule has 138 valence electrons. The van der Waals surface area contributed by atoms with Crippen molar-refractivity contribution < 1.29 is 19.1 Å². The van der Waals surface area contributed by atoms with Crippen LogP contribution in [0.3, 0.4) is 0 Å². The Morgan fingerprint density at radius 1 is 0.692 bits per heavy atom. The number of rotatable bonds is 9. The van der Waals surface area contributed by atoms with Gasteiger partial charge in [-0.25, -0.2) is 0 Å². The Balaban J connectivity index is 2.20. The number of alkyl halides is 2. The highest BCUT2D eigenvalue weighted by atomic mass is 127. The summed E-state index contributed by atoms with van der Waals surface area (Å²) in [5, 5.41) is 0. The van der Waals surface area contributed by atoms with Gasteiger partial charge in [-0.2, -0.15) is 0 Å². The van der Waals surface area contributed by atoms with Crippen LogP contribution in [0.5, 0.6) is 0 Å². The smallest absolute Gasteiger partial charge is 0.306 e. The van der Waals surface area contributed by atoms with Crippen LogP contribution in [0, 0.1) is 0 Å². The van der Waals surface area contributed by atoms with Crippen molar-refractivity contribution in [3.8, 4) is 11.1 Å². The van der Waals surface area contributed by atoms with Gasteiger partial charge in [0.1, 0.15) is 13.2 Å². The molecular weight excluding hydrogens is 558 g/mol. The van der Waals surface area contributed by atoms with Gasteiger partial charge in [-0.1, -0.05) is 93.7 Å². The van der Waals surface area contributed by atoms with Crippen molar-refractivity contribution in [2.75, 3.05) is 8.86 Å². The third-order valence-corrected chi connectivity index (χ3v) is 4.78. The molecule has 0 radical (unpaired) electrons. The van der Waals surface area contributed by atoms with E-state index in [4.69, 9.17) is 9.47 Å². The molecular formula is C20H20I2O4. The molecule has 2 aromatic carbocycles. The zero-order chi connectivity index (χ0) is 18.8. The fourth-order valence-corrected chi connectivity index (χ4v) is 3.31. The van der Waals surface area contributed by atoms with E-state index in [9.17, 15) is 9.59 Å². The molecule has 0 aliphatic carbocycles. The molecule has 0 heterocycles. The lowest BCUT2D eigenvalue weighted by Crippen LogP contribution is -2.07. The molecule has 0 unspecified atom stereocenters. The number of hydrogen-bond acceptors (Lipinski definition) is 4. The Kier molecular flexibility index (Phi) is 9.38. The lowest BCUT2D eigenvalue weighted by molar-refractivity contribution is -0.145. The maximum Gasteiger partial charge on any atom is 0.306 e. The third kappa shape index (κ3) is 6.53. The van der Waals surface area contributed by atoms with Gasteiger partial charge in [0.15, 0.2) is 0 Å². The number of halogens is 2. The zero-order valence-electron chi connectivity index (χ0n) is 14.3. The molecule has 4 nitrogen and oxygen atoms in total. The molecule has 2 rings (SSSR count). The number of esters is 2. The summed E-state index contributed by atoms with van der Waals surface area (Å²) in [6.45, 7) is 0.462. The van der Waals surface area contributed by atoms with Crippen LogP contribution in [0.4, 0.5) is 0 Å². The first-order chi connectivity index (χ1) is 12.7. The van der Waals surface area contributed by atoms with Gasteiger partial charge in [0.2, 0.25) is 0 Å². The predicted molar refractivity (Wildman–Crippen MR) is 118 cm³/mol. The van der Waals surface area contributed by atoms with Gasteiger partial charge >= 0.3 is 11.9 Å². The van der Waals surface area contributed by atoms with Gasteiger partial charge in [0, 0.05) is 8.86 Å². The molecule has 0 spiro atoms. The van der Waals surface area contributed by atoms with Crippen LogP contribution in [0.25, 0.3) is 11.1 Å². The fraction of sp³-hybridized carbons (Fsp3) is 0.300. The monoisotopic (exact) mass is 578 g/mol. The summed E-state index contributed by atoms with van der Waals surface area (Å²) in [5.74, 6) is -0.398. The van der Waals surface area contributed by atoms with Gasteiger partial charge in [0.05, 0.1) is 12.8 Å². The number of ether oxygens (including phenoxy) is 2. The average Bonchev–Trinajstić information content (AvgIpc) is 2.66. The SMILES string of the molecule is O=C(CCI)OCc1ccccc1-c1ccccc1COC(=O)CCI. The summed E-state index contributed by atoms with van der Waals surface area (Å²) in [6, 6.07) is 15.6. The number of hydrogen-bond donors (Lipinski definition) is 0. The normalized spacial score (nSPS) is 10.4. The van der Waals surface area contributed by atoms with E-state index in [1.165, 1.54) is 0 Å². The maximum atomic E-state index is 11.7. The molecule has 0 saturated carbocycles. The Morgan fingerprint density at radius 3 is 1.46 bits per heavy atom. The van der Waals surface area contributed by atoms with Crippen LogP contribution in [0.2, 0.25) is 0 Å². The Bertz CT molecular complexity index is 683. The summed E-state index contributed by atoms with van der Waals surface area (Å²) in [7, 11) is 0. The van der Waals surface area contributed by atoms with Crippen LogP contribution >= 0.6 is 45.2 Å². The molecule has 0 amide bonds. The largest absolute Gasteiger partial charge is 0.461 e. The van der Waals surface area contributed by atoms with Crippen molar-refractivity contribution >= 4 is 57.1 Å². The summed E-state index contributed by atoms with van der Waals surface area (Å²) in [6.07, 6.45) is 0.818. The van der Waals surface area contributed by atoms with Crippen molar-refractivity contribution in [3.05, 3.63) is 59.7 Å². The van der Waals surface area contributed by atoms with E-state index in [1.54, 1.807) is 0 Å². The third-order valence-electron chi connectivity index (χ3n) is 3.70. The van der Waals surface area contributed by atoms with Crippen LogP contribution in [0.15, 0.2) is 48.5 Å². The van der Waals surface area contributed by atoms with E-state index in [0.29, 0.717) is 12.8 Å². The molecule has 0 aliphatic heterocycles. The zero-order valence-corrected chi connectivity index (χ0v) is 18.6. The van der Waals surface area contributed by atoms with Crippen molar-refractivity contribution in [1.82, 2.24) is 0 Å². The van der Waals surface area contributed by atoms with Crippen molar-refractivity contribution in [1.29, 1.82) is 0 Å². The Labute approximate surface area is 180 Å². The average molecular weight is 578 g/mol. The van der Waals surface area contributed by atoms with Crippen molar-refractivity contribution in [2.24, 2.45) is 0 Å². The van der Waals surface area contributed by atoms with E-state index in [1.807, 2.05) is 48.5 Å². The molecule has 0 atom stereocenters. The topological polar surface area (TPSA) is 52.6 Å². The lowest BCUT2D eigenvalue weighted by Gasteiger charge is -2.14. The lowest BCUT2D eigenvalue weighted by atomic mass is 9.96. The van der Waals surface area contributed by atoms with Gasteiger partial charge in [-0.05, 0) is 22.3 Å². The predicted octanol–water partition coefficient (Wildman–Crippen LogP) is 5.09. The van der Waals surface area contributed by atoms with Crippen LogP contribution in [-0.2, 0) is 32.3 Å². The summed E-state index contributed by atoms with van der Waals surface area (Å²) >= 11 is 4.31. The van der Waals surface area contributed by atoms with E-state index in [-0.39, 0.29) is 25.2 Å². The molecule has 0 aliphatic rings. The molecule has 0 fully saturated rings. The first-order valence-electron chi connectivity index (χ1n) is 8.25. The summed E-state index contributed by atoms with van der Waals surface area (Å²) in [4.78, 5) is 23.4. The quantitative estimate of drug-likeness (QED) is 0.237. The van der Waals surface area contributed by atoms with E-state index >= 15 is 0 Å². The second-order valence-corrected chi connectivity index (χ2v) is 7.67. The van der Waals surface area contributed by atoms with Crippen molar-refractivity contribution in [2.45, 2.75) is 26.1 Å². The molecule has 0 N–H and O–H groups in total. The number of benzene rings is 2. The molecule has 0 aromatic heterocycles. The number of carbonyl (C=O) groups is 2. The Morgan fingerprint density at radius 2 is 1.08 bits per heavy atom. The minimum atomic E-state index is -0.199. The van der Waals surface area contributed by atoms with Gasteiger partial charge < -0.3 is 9.47 Å². The number of carbonyl (C=O) groups excluding carboxylic acids is 2. The van der Waals surface area contributed by atoms with Crippen LogP contribution in [0.1, 0.15) is 24.0 Å². The van der Waals surface area contributed by atoms with Gasteiger partial charge in [-0.3, -0.25) is 9.59 Å². The van der Waals surface area contributed by atoms with Crippen molar-refractivity contribution in [3.63, 3.8) is 0 Å². The minimum Gasteiger partial charge on any atom is -0.461 e. The second-order valence-electron chi connectivity index (χ2n) is 5.51. The second kappa shape index (κ2) is 11.5. The van der Waals surface area contributed by atoms with Gasteiger partial charge in [-0.15, -0.1) is 0 Å². The molecule has 6 heteroatoms. The van der Waals surface area contributed by atoms with E-state index in [2.05, 4.69) is 45.2 Å². The van der Waals surface area contributed by atoms with E-state index < -0.39 is 0 Å². The van der Waals surface area contributed by atoms with Crippen LogP contribution < -0.4 is 0 Å². The van der Waals surface area contributed by atoms with Gasteiger partial charge in [0.25, 0.3) is 0 Å². The highest BCUT2D eigenvalue weighted by molar-refractivity contribution is 14.1. The maximum absolute atomic E-state index is 11.7. The standard InChI is InChI=1S/C20H20I2O4/c21-11-9-19(23)25-13-15-5-1-3-7-17(15)18-8-4-2-6-16(18)14-26-20(24)10-12-22/h1-8H,9-14H2. The highest BCUT2D eigenvalue weighted by Crippen LogP contribution is 2.28. The first-order valence-corrected chi connectivity index (χ1v) is 11.3. The highest BCUT2D eigenvalue weighted by Gasteiger charge is 2.12. The van der Waals surface area contributed by atoms with E-state index in [0.717, 1.165) is 31.1 Å². The molecule has 26 heavy (non-hydrogen) atoms. The Hall–Kier alpha value is -1.16. The minimum absolute atomic E-state index is 0.199. The first kappa shape index (κ1) is 21.1.